The van der Waals surface area contributed by atoms with E-state index in [1.807, 2.05) is 19.1 Å². The van der Waals surface area contributed by atoms with Gasteiger partial charge in [-0.05, 0) is 30.2 Å². The molecule has 0 bridgehead atoms. The van der Waals surface area contributed by atoms with Crippen LogP contribution in [0.25, 0.3) is 0 Å². The molecular weight excluding hydrogens is 300 g/mol. The maximum Gasteiger partial charge on any atom is 0.323 e. The normalized spacial score (nSPS) is 9.94. The molecule has 1 aromatic carbocycles. The van der Waals surface area contributed by atoms with Gasteiger partial charge in [-0.15, -0.1) is 0 Å². The van der Waals surface area contributed by atoms with Gasteiger partial charge in [0.15, 0.2) is 0 Å². The molecule has 18 heavy (non-hydrogen) atoms. The number of aliphatic carboxylic acids is 1. The Morgan fingerprint density at radius 1 is 1.44 bits per heavy atom. The van der Waals surface area contributed by atoms with Gasteiger partial charge in [-0.3, -0.25) is 4.79 Å². The highest BCUT2D eigenvalue weighted by Crippen LogP contribution is 2.21. The number of carbonyl (C=O) groups excluding carboxylic acids is 1. The second-order valence-corrected chi connectivity index (χ2v) is 4.75. The minimum absolute atomic E-state index is 0.330. The van der Waals surface area contributed by atoms with E-state index in [1.165, 1.54) is 7.05 Å². The zero-order chi connectivity index (χ0) is 13.7. The number of nitrogens with zero attached hydrogens (tertiary/aromatic N) is 1. The average Bonchev–Trinajstić information content (AvgIpc) is 2.30. The standard InChI is InChI=1S/C12H15BrN2O3/c1-3-8-6-9(13)4-5-10(8)14-12(18)15(2)7-11(16)17/h4-6H,3,7H2,1-2H3,(H,14,18)(H,16,17). The minimum Gasteiger partial charge on any atom is -0.480 e. The second kappa shape index (κ2) is 6.39. The molecule has 0 atom stereocenters. The van der Waals surface area contributed by atoms with E-state index in [4.69, 9.17) is 5.11 Å². The summed E-state index contributed by atoms with van der Waals surface area (Å²) in [6.45, 7) is 1.65. The van der Waals surface area contributed by atoms with Gasteiger partial charge < -0.3 is 15.3 Å². The van der Waals surface area contributed by atoms with Gasteiger partial charge in [0.2, 0.25) is 0 Å². The first-order chi connectivity index (χ1) is 8.43. The molecule has 0 aliphatic heterocycles. The van der Waals surface area contributed by atoms with Crippen LogP contribution >= 0.6 is 15.9 Å². The molecule has 1 rings (SSSR count). The van der Waals surface area contributed by atoms with Gasteiger partial charge in [-0.1, -0.05) is 22.9 Å². The van der Waals surface area contributed by atoms with E-state index in [-0.39, 0.29) is 6.54 Å². The van der Waals surface area contributed by atoms with Crippen LogP contribution in [0.2, 0.25) is 0 Å². The van der Waals surface area contributed by atoms with Crippen molar-refractivity contribution in [3.8, 4) is 0 Å². The van der Waals surface area contributed by atoms with Gasteiger partial charge in [0.1, 0.15) is 6.54 Å². The lowest BCUT2D eigenvalue weighted by atomic mass is 10.1. The van der Waals surface area contributed by atoms with E-state index in [0.29, 0.717) is 5.69 Å². The Balaban J connectivity index is 2.78. The van der Waals surface area contributed by atoms with Crippen molar-refractivity contribution < 1.29 is 14.7 Å². The molecule has 0 fully saturated rings. The van der Waals surface area contributed by atoms with Crippen molar-refractivity contribution in [3.05, 3.63) is 28.2 Å². The van der Waals surface area contributed by atoms with Crippen LogP contribution in [0.5, 0.6) is 0 Å². The largest absolute Gasteiger partial charge is 0.480 e. The predicted octanol–water partition coefficient (Wildman–Crippen LogP) is 2.56. The van der Waals surface area contributed by atoms with Crippen molar-refractivity contribution in [2.45, 2.75) is 13.3 Å². The van der Waals surface area contributed by atoms with Gasteiger partial charge >= 0.3 is 12.0 Å². The minimum atomic E-state index is -1.04. The van der Waals surface area contributed by atoms with Crippen LogP contribution in [0.1, 0.15) is 12.5 Å². The smallest absolute Gasteiger partial charge is 0.323 e. The number of likely N-dealkylation sites (N-methyl/N-ethyl adjacent to an activating group) is 1. The van der Waals surface area contributed by atoms with Gasteiger partial charge in [-0.2, -0.15) is 0 Å². The average molecular weight is 315 g/mol. The summed E-state index contributed by atoms with van der Waals surface area (Å²) in [5.41, 5.74) is 1.68. The summed E-state index contributed by atoms with van der Waals surface area (Å²) in [5, 5.41) is 11.3. The number of hydrogen-bond donors (Lipinski definition) is 2. The first kappa shape index (κ1) is 14.5. The molecule has 0 aliphatic rings. The molecule has 0 unspecified atom stereocenters. The lowest BCUT2D eigenvalue weighted by Crippen LogP contribution is -2.35. The van der Waals surface area contributed by atoms with Crippen molar-refractivity contribution in [2.75, 3.05) is 18.9 Å². The molecule has 6 heteroatoms. The molecule has 2 amide bonds. The highest BCUT2D eigenvalue weighted by molar-refractivity contribution is 9.10. The molecule has 0 spiro atoms. The third-order valence-corrected chi connectivity index (χ3v) is 2.90. The van der Waals surface area contributed by atoms with Gasteiger partial charge in [0.05, 0.1) is 0 Å². The molecule has 0 radical (unpaired) electrons. The number of urea groups is 1. The summed E-state index contributed by atoms with van der Waals surface area (Å²) < 4.78 is 0.941. The molecule has 0 aromatic heterocycles. The number of carboxylic acids is 1. The van der Waals surface area contributed by atoms with E-state index < -0.39 is 12.0 Å². The van der Waals surface area contributed by atoms with Crippen LogP contribution in [0.15, 0.2) is 22.7 Å². The zero-order valence-corrected chi connectivity index (χ0v) is 11.8. The summed E-state index contributed by atoms with van der Waals surface area (Å²) in [7, 11) is 1.44. The van der Waals surface area contributed by atoms with Crippen molar-refractivity contribution in [2.24, 2.45) is 0 Å². The Labute approximate surface area is 114 Å². The van der Waals surface area contributed by atoms with Crippen LogP contribution in [0.3, 0.4) is 0 Å². The summed E-state index contributed by atoms with van der Waals surface area (Å²) in [5.74, 6) is -1.04. The lowest BCUT2D eigenvalue weighted by molar-refractivity contribution is -0.137. The van der Waals surface area contributed by atoms with Gasteiger partial charge in [0.25, 0.3) is 0 Å². The maximum absolute atomic E-state index is 11.7. The number of benzene rings is 1. The number of anilines is 1. The fourth-order valence-electron chi connectivity index (χ4n) is 1.46. The number of aryl methyl sites for hydroxylation is 1. The monoisotopic (exact) mass is 314 g/mol. The van der Waals surface area contributed by atoms with Crippen LogP contribution in [-0.4, -0.2) is 35.6 Å². The number of amides is 2. The summed E-state index contributed by atoms with van der Waals surface area (Å²) >= 11 is 3.36. The summed E-state index contributed by atoms with van der Waals surface area (Å²) in [6, 6.07) is 5.10. The molecule has 5 nitrogen and oxygen atoms in total. The van der Waals surface area contributed by atoms with Crippen LogP contribution in [-0.2, 0) is 11.2 Å². The van der Waals surface area contributed by atoms with E-state index in [9.17, 15) is 9.59 Å². The molecule has 0 saturated carbocycles. The van der Waals surface area contributed by atoms with Crippen molar-refractivity contribution >= 4 is 33.6 Å². The third-order valence-electron chi connectivity index (χ3n) is 2.41. The van der Waals surface area contributed by atoms with Crippen LogP contribution in [0.4, 0.5) is 10.5 Å². The Bertz CT molecular complexity index is 463. The van der Waals surface area contributed by atoms with Crippen molar-refractivity contribution in [3.63, 3.8) is 0 Å². The second-order valence-electron chi connectivity index (χ2n) is 3.83. The quantitative estimate of drug-likeness (QED) is 0.897. The highest BCUT2D eigenvalue weighted by atomic mass is 79.9. The van der Waals surface area contributed by atoms with E-state index in [1.54, 1.807) is 6.07 Å². The lowest BCUT2D eigenvalue weighted by Gasteiger charge is -2.17. The van der Waals surface area contributed by atoms with Gasteiger partial charge in [-0.25, -0.2) is 4.79 Å². The topological polar surface area (TPSA) is 69.6 Å². The van der Waals surface area contributed by atoms with Crippen LogP contribution in [0, 0.1) is 0 Å². The molecule has 2 N–H and O–H groups in total. The van der Waals surface area contributed by atoms with Crippen molar-refractivity contribution in [1.29, 1.82) is 0 Å². The fraction of sp³-hybridized carbons (Fsp3) is 0.333. The number of halogens is 1. The van der Waals surface area contributed by atoms with E-state index in [0.717, 1.165) is 21.4 Å². The van der Waals surface area contributed by atoms with E-state index >= 15 is 0 Å². The number of rotatable bonds is 4. The van der Waals surface area contributed by atoms with Crippen LogP contribution < -0.4 is 5.32 Å². The predicted molar refractivity (Wildman–Crippen MR) is 72.8 cm³/mol. The van der Waals surface area contributed by atoms with E-state index in [2.05, 4.69) is 21.2 Å². The Morgan fingerprint density at radius 3 is 2.67 bits per heavy atom. The summed E-state index contributed by atoms with van der Waals surface area (Å²) in [6.07, 6.45) is 0.775. The Kier molecular flexibility index (Phi) is 5.15. The number of carboxylic acid groups (broad SMARTS) is 1. The third kappa shape index (κ3) is 4.03. The summed E-state index contributed by atoms with van der Waals surface area (Å²) in [4.78, 5) is 23.4. The first-order valence-electron chi connectivity index (χ1n) is 5.46. The molecule has 98 valence electrons. The Morgan fingerprint density at radius 2 is 2.11 bits per heavy atom. The zero-order valence-electron chi connectivity index (χ0n) is 10.2. The Hall–Kier alpha value is -1.56. The number of nitrogens with one attached hydrogen (secondary N) is 1. The molecule has 0 heterocycles. The maximum atomic E-state index is 11.7. The number of carbonyl (C=O) groups is 2. The fourth-order valence-corrected chi connectivity index (χ4v) is 1.87. The van der Waals surface area contributed by atoms with Gasteiger partial charge in [0, 0.05) is 17.2 Å². The molecule has 0 saturated heterocycles. The SMILES string of the molecule is CCc1cc(Br)ccc1NC(=O)N(C)CC(=O)O. The first-order valence-corrected chi connectivity index (χ1v) is 6.25. The number of hydrogen-bond acceptors (Lipinski definition) is 2. The molecular formula is C12H15BrN2O3. The van der Waals surface area contributed by atoms with Crippen molar-refractivity contribution in [1.82, 2.24) is 4.90 Å². The highest BCUT2D eigenvalue weighted by Gasteiger charge is 2.13. The molecule has 0 aliphatic carbocycles. The molecule has 1 aromatic rings.